The number of piperidine rings is 1. The van der Waals surface area contributed by atoms with E-state index in [1.54, 1.807) is 29.2 Å². The summed E-state index contributed by atoms with van der Waals surface area (Å²) in [6.45, 7) is 6.01. The highest BCUT2D eigenvalue weighted by Gasteiger charge is 2.29. The number of carboxylic acids is 1. The second-order valence-electron chi connectivity index (χ2n) is 7.92. The van der Waals surface area contributed by atoms with Gasteiger partial charge in [0, 0.05) is 24.7 Å². The first-order valence-corrected chi connectivity index (χ1v) is 9.47. The minimum atomic E-state index is -1.60. The molecule has 9 nitrogen and oxygen atoms in total. The molecule has 2 amide bonds. The van der Waals surface area contributed by atoms with Crippen LogP contribution in [0.4, 0.5) is 10.5 Å². The van der Waals surface area contributed by atoms with E-state index < -0.39 is 17.7 Å². The predicted molar refractivity (Wildman–Crippen MR) is 105 cm³/mol. The number of aliphatic hydroxyl groups excluding tert-OH is 1. The average molecular weight is 408 g/mol. The summed E-state index contributed by atoms with van der Waals surface area (Å²) in [4.78, 5) is 36.7. The molecule has 0 unspecified atom stereocenters. The highest BCUT2D eigenvalue weighted by atomic mass is 16.6. The summed E-state index contributed by atoms with van der Waals surface area (Å²) in [5.74, 6) is -1.29. The fourth-order valence-corrected chi connectivity index (χ4v) is 2.78. The lowest BCUT2D eigenvalue weighted by molar-refractivity contribution is -0.148. The standard InChI is InChI=1S/C20H28N2O7/c1-20(2,3)29-19(27)22-10-8-13(9-11-22)17(24)21-14-4-6-15(7-5-14)28-12-16(23)18(25)26/h4-7,13,16,23H,8-12H2,1-3H3,(H,21,24)(H,25,26)/t16-/m1/s1. The monoisotopic (exact) mass is 408 g/mol. The molecule has 0 aliphatic carbocycles. The molecule has 0 aromatic heterocycles. The van der Waals surface area contributed by atoms with Crippen molar-refractivity contribution in [2.24, 2.45) is 5.92 Å². The molecule has 1 fully saturated rings. The summed E-state index contributed by atoms with van der Waals surface area (Å²) in [6.07, 6.45) is -0.848. The van der Waals surface area contributed by atoms with Crippen LogP contribution in [-0.2, 0) is 14.3 Å². The molecule has 0 spiro atoms. The second kappa shape index (κ2) is 9.60. The number of amides is 2. The van der Waals surface area contributed by atoms with Gasteiger partial charge in [-0.15, -0.1) is 0 Å². The van der Waals surface area contributed by atoms with E-state index in [-0.39, 0.29) is 24.5 Å². The Bertz CT molecular complexity index is 719. The van der Waals surface area contributed by atoms with Gasteiger partial charge in [-0.05, 0) is 57.9 Å². The molecule has 1 aromatic rings. The molecular weight excluding hydrogens is 380 g/mol. The largest absolute Gasteiger partial charge is 0.490 e. The molecule has 1 heterocycles. The smallest absolute Gasteiger partial charge is 0.410 e. The Morgan fingerprint density at radius 3 is 2.28 bits per heavy atom. The number of aliphatic hydroxyl groups is 1. The number of carbonyl (C=O) groups is 3. The number of rotatable bonds is 6. The van der Waals surface area contributed by atoms with E-state index in [1.807, 2.05) is 20.8 Å². The number of nitrogens with one attached hydrogen (secondary N) is 1. The molecular formula is C20H28N2O7. The molecule has 1 aliphatic heterocycles. The van der Waals surface area contributed by atoms with Crippen molar-refractivity contribution in [3.8, 4) is 5.75 Å². The van der Waals surface area contributed by atoms with Gasteiger partial charge in [0.15, 0.2) is 6.10 Å². The third kappa shape index (κ3) is 7.26. The van der Waals surface area contributed by atoms with E-state index in [0.29, 0.717) is 37.4 Å². The van der Waals surface area contributed by atoms with Crippen LogP contribution in [0.2, 0.25) is 0 Å². The Morgan fingerprint density at radius 2 is 1.76 bits per heavy atom. The lowest BCUT2D eigenvalue weighted by Gasteiger charge is -2.32. The van der Waals surface area contributed by atoms with Crippen LogP contribution >= 0.6 is 0 Å². The predicted octanol–water partition coefficient (Wildman–Crippen LogP) is 2.10. The van der Waals surface area contributed by atoms with Gasteiger partial charge >= 0.3 is 12.1 Å². The van der Waals surface area contributed by atoms with Crippen LogP contribution in [0.25, 0.3) is 0 Å². The lowest BCUT2D eigenvalue weighted by Crippen LogP contribution is -2.43. The maximum Gasteiger partial charge on any atom is 0.410 e. The van der Waals surface area contributed by atoms with Crippen molar-refractivity contribution in [2.75, 3.05) is 25.0 Å². The van der Waals surface area contributed by atoms with Gasteiger partial charge in [-0.25, -0.2) is 9.59 Å². The van der Waals surface area contributed by atoms with E-state index in [1.165, 1.54) is 0 Å². The SMILES string of the molecule is CC(C)(C)OC(=O)N1CCC(C(=O)Nc2ccc(OC[C@@H](O)C(=O)O)cc2)CC1. The van der Waals surface area contributed by atoms with Gasteiger partial charge in [0.2, 0.25) is 5.91 Å². The van der Waals surface area contributed by atoms with E-state index in [0.717, 1.165) is 0 Å². The van der Waals surface area contributed by atoms with Gasteiger partial charge in [0.1, 0.15) is 18.0 Å². The third-order valence-corrected chi connectivity index (χ3v) is 4.33. The molecule has 3 N–H and O–H groups in total. The highest BCUT2D eigenvalue weighted by molar-refractivity contribution is 5.92. The highest BCUT2D eigenvalue weighted by Crippen LogP contribution is 2.22. The number of nitrogens with zero attached hydrogens (tertiary/aromatic N) is 1. The van der Waals surface area contributed by atoms with Crippen LogP contribution < -0.4 is 10.1 Å². The maximum atomic E-state index is 12.5. The first-order chi connectivity index (χ1) is 13.5. The number of anilines is 1. The second-order valence-corrected chi connectivity index (χ2v) is 7.92. The molecule has 1 aliphatic rings. The topological polar surface area (TPSA) is 125 Å². The zero-order chi connectivity index (χ0) is 21.6. The van der Waals surface area contributed by atoms with Gasteiger partial charge in [0.05, 0.1) is 0 Å². The number of hydrogen-bond donors (Lipinski definition) is 3. The van der Waals surface area contributed by atoms with Gasteiger partial charge in [-0.3, -0.25) is 4.79 Å². The molecule has 0 saturated carbocycles. The molecule has 9 heteroatoms. The van der Waals surface area contributed by atoms with Crippen LogP contribution in [0, 0.1) is 5.92 Å². The van der Waals surface area contributed by atoms with Crippen molar-refractivity contribution < 1.29 is 34.1 Å². The molecule has 29 heavy (non-hydrogen) atoms. The van der Waals surface area contributed by atoms with Gasteiger partial charge in [-0.2, -0.15) is 0 Å². The Hall–Kier alpha value is -2.81. The van der Waals surface area contributed by atoms with E-state index in [4.69, 9.17) is 14.6 Å². The maximum absolute atomic E-state index is 12.5. The van der Waals surface area contributed by atoms with Crippen molar-refractivity contribution in [3.05, 3.63) is 24.3 Å². The number of carboxylic acid groups (broad SMARTS) is 1. The Kier molecular flexibility index (Phi) is 7.44. The number of likely N-dealkylation sites (tertiary alicyclic amines) is 1. The molecule has 2 rings (SSSR count). The molecule has 1 saturated heterocycles. The molecule has 160 valence electrons. The normalized spacial score (nSPS) is 16.1. The number of aliphatic carboxylic acids is 1. The zero-order valence-electron chi connectivity index (χ0n) is 16.9. The molecule has 1 aromatic carbocycles. The van der Waals surface area contributed by atoms with Crippen molar-refractivity contribution in [1.82, 2.24) is 4.90 Å². The average Bonchev–Trinajstić information content (AvgIpc) is 2.65. The number of benzene rings is 1. The van der Waals surface area contributed by atoms with Crippen LogP contribution in [0.1, 0.15) is 33.6 Å². The van der Waals surface area contributed by atoms with E-state index in [2.05, 4.69) is 5.32 Å². The lowest BCUT2D eigenvalue weighted by atomic mass is 9.96. The Morgan fingerprint density at radius 1 is 1.17 bits per heavy atom. The summed E-state index contributed by atoms with van der Waals surface area (Å²) in [6, 6.07) is 6.43. The summed E-state index contributed by atoms with van der Waals surface area (Å²) in [5, 5.41) is 20.6. The van der Waals surface area contributed by atoms with Crippen LogP contribution in [0.15, 0.2) is 24.3 Å². The Balaban J connectivity index is 1.79. The van der Waals surface area contributed by atoms with Crippen molar-refractivity contribution >= 4 is 23.7 Å². The summed E-state index contributed by atoms with van der Waals surface area (Å²) >= 11 is 0. The molecule has 0 radical (unpaired) electrons. The summed E-state index contributed by atoms with van der Waals surface area (Å²) in [7, 11) is 0. The molecule has 0 bridgehead atoms. The third-order valence-electron chi connectivity index (χ3n) is 4.33. The van der Waals surface area contributed by atoms with Crippen molar-refractivity contribution in [1.29, 1.82) is 0 Å². The van der Waals surface area contributed by atoms with Crippen LogP contribution in [0.5, 0.6) is 5.75 Å². The minimum Gasteiger partial charge on any atom is -0.490 e. The summed E-state index contributed by atoms with van der Waals surface area (Å²) in [5.41, 5.74) is 0.0306. The first kappa shape index (κ1) is 22.5. The van der Waals surface area contributed by atoms with Gasteiger partial charge in [0.25, 0.3) is 0 Å². The fraction of sp³-hybridized carbons (Fsp3) is 0.550. The van der Waals surface area contributed by atoms with E-state index >= 15 is 0 Å². The number of hydrogen-bond acceptors (Lipinski definition) is 6. The quantitative estimate of drug-likeness (QED) is 0.658. The van der Waals surface area contributed by atoms with Crippen LogP contribution in [-0.4, -0.2) is 64.5 Å². The van der Waals surface area contributed by atoms with E-state index in [9.17, 15) is 19.5 Å². The fourth-order valence-electron chi connectivity index (χ4n) is 2.78. The van der Waals surface area contributed by atoms with Crippen molar-refractivity contribution in [3.63, 3.8) is 0 Å². The van der Waals surface area contributed by atoms with Gasteiger partial charge < -0.3 is 29.9 Å². The van der Waals surface area contributed by atoms with Crippen molar-refractivity contribution in [2.45, 2.75) is 45.3 Å². The molecule has 1 atom stereocenters. The minimum absolute atomic E-state index is 0.121. The summed E-state index contributed by atoms with van der Waals surface area (Å²) < 4.78 is 10.5. The number of ether oxygens (including phenoxy) is 2. The Labute approximate surface area is 169 Å². The number of carbonyl (C=O) groups excluding carboxylic acids is 2. The first-order valence-electron chi connectivity index (χ1n) is 9.47. The van der Waals surface area contributed by atoms with Gasteiger partial charge in [-0.1, -0.05) is 0 Å². The van der Waals surface area contributed by atoms with Crippen LogP contribution in [0.3, 0.4) is 0 Å². The zero-order valence-corrected chi connectivity index (χ0v) is 16.9.